The molecule has 0 aromatic carbocycles. The van der Waals surface area contributed by atoms with E-state index < -0.39 is 0 Å². The molecule has 90 valence electrons. The van der Waals surface area contributed by atoms with Gasteiger partial charge >= 0.3 is 0 Å². The molecule has 0 bridgehead atoms. The molecule has 2 N–H and O–H groups in total. The van der Waals surface area contributed by atoms with Crippen molar-refractivity contribution in [2.24, 2.45) is 0 Å². The molecule has 0 aliphatic heterocycles. The van der Waals surface area contributed by atoms with Crippen molar-refractivity contribution in [3.63, 3.8) is 0 Å². The molecule has 2 heterocycles. The molecule has 0 unspecified atom stereocenters. The highest BCUT2D eigenvalue weighted by Gasteiger charge is 2.09. The molecule has 0 saturated heterocycles. The zero-order valence-corrected chi connectivity index (χ0v) is 11.0. The summed E-state index contributed by atoms with van der Waals surface area (Å²) in [4.78, 5) is 14.7. The molecule has 2 aromatic rings. The number of aromatic nitrogens is 3. The number of thiazole rings is 1. The van der Waals surface area contributed by atoms with E-state index in [2.05, 4.69) is 20.3 Å². The molecule has 5 nitrogen and oxygen atoms in total. The number of nitrogen functional groups attached to an aromatic ring is 1. The molecule has 2 aromatic heterocycles. The van der Waals surface area contributed by atoms with Gasteiger partial charge in [0.05, 0.1) is 17.2 Å². The van der Waals surface area contributed by atoms with Crippen LogP contribution in [0, 0.1) is 13.8 Å². The summed E-state index contributed by atoms with van der Waals surface area (Å²) >= 11 is 1.65. The molecule has 0 saturated carbocycles. The minimum Gasteiger partial charge on any atom is -0.368 e. The van der Waals surface area contributed by atoms with Gasteiger partial charge in [-0.25, -0.2) is 9.97 Å². The van der Waals surface area contributed by atoms with E-state index >= 15 is 0 Å². The Bertz CT molecular complexity index is 522. The molecule has 17 heavy (non-hydrogen) atoms. The third-order valence-electron chi connectivity index (χ3n) is 2.39. The number of hydrogen-bond donors (Lipinski definition) is 1. The monoisotopic (exact) mass is 249 g/mol. The Hall–Kier alpha value is -1.69. The van der Waals surface area contributed by atoms with E-state index in [1.807, 2.05) is 25.8 Å². The minimum absolute atomic E-state index is 0.298. The van der Waals surface area contributed by atoms with Gasteiger partial charge in [-0.1, -0.05) is 0 Å². The van der Waals surface area contributed by atoms with Crippen LogP contribution in [0.15, 0.2) is 11.6 Å². The molecule has 0 spiro atoms. The molecule has 0 amide bonds. The van der Waals surface area contributed by atoms with Gasteiger partial charge in [-0.2, -0.15) is 4.98 Å². The summed E-state index contributed by atoms with van der Waals surface area (Å²) in [5.74, 6) is 1.15. The van der Waals surface area contributed by atoms with Crippen molar-refractivity contribution in [1.29, 1.82) is 0 Å². The second kappa shape index (κ2) is 4.67. The second-order valence-corrected chi connectivity index (χ2v) is 5.01. The summed E-state index contributed by atoms with van der Waals surface area (Å²) < 4.78 is 0. The SMILES string of the molecule is Cc1nc(CN(C)c2nc(N)ncc2C)cs1. The number of nitrogens with zero attached hydrogens (tertiary/aromatic N) is 4. The second-order valence-electron chi connectivity index (χ2n) is 3.95. The average molecular weight is 249 g/mol. The predicted molar refractivity (Wildman–Crippen MR) is 70.1 cm³/mol. The Kier molecular flexibility index (Phi) is 3.23. The van der Waals surface area contributed by atoms with Gasteiger partial charge in [0.25, 0.3) is 0 Å². The van der Waals surface area contributed by atoms with Gasteiger partial charge in [-0.3, -0.25) is 0 Å². The summed E-state index contributed by atoms with van der Waals surface area (Å²) in [6.07, 6.45) is 1.74. The number of hydrogen-bond acceptors (Lipinski definition) is 6. The van der Waals surface area contributed by atoms with Crippen LogP contribution >= 0.6 is 11.3 Å². The third kappa shape index (κ3) is 2.71. The maximum Gasteiger partial charge on any atom is 0.221 e. The quantitative estimate of drug-likeness (QED) is 0.898. The fourth-order valence-corrected chi connectivity index (χ4v) is 2.24. The number of aryl methyl sites for hydroxylation is 2. The zero-order valence-electron chi connectivity index (χ0n) is 10.1. The molecular formula is C11H15N5S. The van der Waals surface area contributed by atoms with Crippen LogP contribution in [-0.2, 0) is 6.54 Å². The van der Waals surface area contributed by atoms with Crippen LogP contribution in [0.2, 0.25) is 0 Å². The van der Waals surface area contributed by atoms with Crippen LogP contribution in [0.1, 0.15) is 16.3 Å². The number of rotatable bonds is 3. The average Bonchev–Trinajstić information content (AvgIpc) is 2.67. The highest BCUT2D eigenvalue weighted by molar-refractivity contribution is 7.09. The van der Waals surface area contributed by atoms with Crippen molar-refractivity contribution < 1.29 is 0 Å². The summed E-state index contributed by atoms with van der Waals surface area (Å²) in [6.45, 7) is 4.70. The molecular weight excluding hydrogens is 234 g/mol. The van der Waals surface area contributed by atoms with Crippen molar-refractivity contribution in [2.75, 3.05) is 17.7 Å². The van der Waals surface area contributed by atoms with E-state index in [1.165, 1.54) is 0 Å². The lowest BCUT2D eigenvalue weighted by molar-refractivity contribution is 0.860. The molecule has 2 rings (SSSR count). The highest BCUT2D eigenvalue weighted by atomic mass is 32.1. The van der Waals surface area contributed by atoms with Crippen LogP contribution in [0.5, 0.6) is 0 Å². The molecule has 0 aliphatic carbocycles. The standard InChI is InChI=1S/C11H15N5S/c1-7-4-13-11(12)15-10(7)16(3)5-9-6-17-8(2)14-9/h4,6H,5H2,1-3H3,(H2,12,13,15). The van der Waals surface area contributed by atoms with Crippen molar-refractivity contribution in [3.8, 4) is 0 Å². The first-order valence-electron chi connectivity index (χ1n) is 5.27. The van der Waals surface area contributed by atoms with E-state index in [1.54, 1.807) is 17.5 Å². The van der Waals surface area contributed by atoms with Crippen molar-refractivity contribution in [1.82, 2.24) is 15.0 Å². The van der Waals surface area contributed by atoms with Gasteiger partial charge in [0.1, 0.15) is 5.82 Å². The van der Waals surface area contributed by atoms with Gasteiger partial charge in [0.2, 0.25) is 5.95 Å². The summed E-state index contributed by atoms with van der Waals surface area (Å²) in [6, 6.07) is 0. The lowest BCUT2D eigenvalue weighted by Gasteiger charge is -2.18. The largest absolute Gasteiger partial charge is 0.368 e. The van der Waals surface area contributed by atoms with Crippen LogP contribution in [0.25, 0.3) is 0 Å². The fraction of sp³-hybridized carbons (Fsp3) is 0.364. The van der Waals surface area contributed by atoms with E-state index in [0.717, 1.165) is 28.6 Å². The Labute approximate surface area is 104 Å². The molecule has 0 fully saturated rings. The molecule has 6 heteroatoms. The van der Waals surface area contributed by atoms with Crippen LogP contribution < -0.4 is 10.6 Å². The summed E-state index contributed by atoms with van der Waals surface area (Å²) in [5, 5.41) is 3.14. The van der Waals surface area contributed by atoms with E-state index in [0.29, 0.717) is 5.95 Å². The first-order valence-corrected chi connectivity index (χ1v) is 6.15. The highest BCUT2D eigenvalue weighted by Crippen LogP contribution is 2.18. The maximum absolute atomic E-state index is 5.60. The van der Waals surface area contributed by atoms with Crippen LogP contribution in [0.3, 0.4) is 0 Å². The van der Waals surface area contributed by atoms with Crippen molar-refractivity contribution in [3.05, 3.63) is 27.8 Å². The van der Waals surface area contributed by atoms with Crippen molar-refractivity contribution >= 4 is 23.1 Å². The summed E-state index contributed by atoms with van der Waals surface area (Å²) in [5.41, 5.74) is 7.66. The van der Waals surface area contributed by atoms with Gasteiger partial charge in [-0.15, -0.1) is 11.3 Å². The number of anilines is 2. The molecule has 0 radical (unpaired) electrons. The molecule has 0 aliphatic rings. The lowest BCUT2D eigenvalue weighted by atomic mass is 10.3. The van der Waals surface area contributed by atoms with Gasteiger partial charge in [0, 0.05) is 24.2 Å². The smallest absolute Gasteiger partial charge is 0.221 e. The minimum atomic E-state index is 0.298. The Morgan fingerprint density at radius 2 is 2.12 bits per heavy atom. The van der Waals surface area contributed by atoms with Gasteiger partial charge in [-0.05, 0) is 13.8 Å². The first kappa shape index (κ1) is 11.8. The van der Waals surface area contributed by atoms with Crippen molar-refractivity contribution in [2.45, 2.75) is 20.4 Å². The topological polar surface area (TPSA) is 67.9 Å². The normalized spacial score (nSPS) is 10.5. The molecule has 0 atom stereocenters. The third-order valence-corrected chi connectivity index (χ3v) is 3.21. The van der Waals surface area contributed by atoms with E-state index in [4.69, 9.17) is 5.73 Å². The fourth-order valence-electron chi connectivity index (χ4n) is 1.63. The van der Waals surface area contributed by atoms with Crippen LogP contribution in [-0.4, -0.2) is 22.0 Å². The Morgan fingerprint density at radius 3 is 2.76 bits per heavy atom. The van der Waals surface area contributed by atoms with Crippen LogP contribution in [0.4, 0.5) is 11.8 Å². The first-order chi connectivity index (χ1) is 8.06. The van der Waals surface area contributed by atoms with Gasteiger partial charge < -0.3 is 10.6 Å². The Balaban J connectivity index is 2.19. The van der Waals surface area contributed by atoms with E-state index in [-0.39, 0.29) is 0 Å². The number of nitrogens with two attached hydrogens (primary N) is 1. The zero-order chi connectivity index (χ0) is 12.4. The van der Waals surface area contributed by atoms with Gasteiger partial charge in [0.15, 0.2) is 0 Å². The maximum atomic E-state index is 5.60. The summed E-state index contributed by atoms with van der Waals surface area (Å²) in [7, 11) is 1.98. The predicted octanol–water partition coefficient (Wildman–Crippen LogP) is 1.77. The Morgan fingerprint density at radius 1 is 1.35 bits per heavy atom. The van der Waals surface area contributed by atoms with E-state index in [9.17, 15) is 0 Å². The lowest BCUT2D eigenvalue weighted by Crippen LogP contribution is -2.20.